The molecule has 0 spiro atoms. The number of pyridine rings is 1. The fourth-order valence-corrected chi connectivity index (χ4v) is 2.74. The molecular formula is C17H14ClF2N3O. The quantitative estimate of drug-likeness (QED) is 0.706. The van der Waals surface area contributed by atoms with E-state index < -0.39 is 17.2 Å². The van der Waals surface area contributed by atoms with E-state index >= 15 is 0 Å². The first-order valence-corrected chi connectivity index (χ1v) is 7.57. The van der Waals surface area contributed by atoms with E-state index in [-0.39, 0.29) is 22.1 Å². The molecule has 0 unspecified atom stereocenters. The Labute approximate surface area is 142 Å². The van der Waals surface area contributed by atoms with E-state index in [1.54, 1.807) is 32.9 Å². The second kappa shape index (κ2) is 5.72. The molecule has 3 rings (SSSR count). The highest BCUT2D eigenvalue weighted by Crippen LogP contribution is 2.33. The topological polar surface area (TPSA) is 58.9 Å². The van der Waals surface area contributed by atoms with Gasteiger partial charge in [-0.05, 0) is 56.1 Å². The predicted octanol–water partition coefficient (Wildman–Crippen LogP) is 4.16. The maximum Gasteiger partial charge on any atom is 0.223 e. The highest BCUT2D eigenvalue weighted by Gasteiger charge is 2.23. The van der Waals surface area contributed by atoms with Crippen molar-refractivity contribution in [3.05, 3.63) is 52.6 Å². The van der Waals surface area contributed by atoms with Crippen molar-refractivity contribution in [2.45, 2.75) is 26.4 Å². The Balaban J connectivity index is 2.38. The summed E-state index contributed by atoms with van der Waals surface area (Å²) in [5, 5.41) is 10.6. The van der Waals surface area contributed by atoms with Crippen molar-refractivity contribution >= 4 is 22.5 Å². The van der Waals surface area contributed by atoms with Crippen molar-refractivity contribution < 1.29 is 13.9 Å². The van der Waals surface area contributed by atoms with Crippen molar-refractivity contribution in [2.24, 2.45) is 0 Å². The number of hydrogen-bond acceptors (Lipinski definition) is 4. The van der Waals surface area contributed by atoms with Crippen LogP contribution in [0.25, 0.3) is 22.2 Å². The molecule has 0 amide bonds. The molecule has 2 aromatic heterocycles. The monoisotopic (exact) mass is 349 g/mol. The van der Waals surface area contributed by atoms with Gasteiger partial charge < -0.3 is 5.11 Å². The van der Waals surface area contributed by atoms with E-state index in [9.17, 15) is 13.9 Å². The fourth-order valence-electron chi connectivity index (χ4n) is 2.60. The van der Waals surface area contributed by atoms with Crippen LogP contribution in [0.2, 0.25) is 5.28 Å². The molecule has 0 saturated carbocycles. The standard InChI is InChI=1S/C17H14ClF2N3O/c1-8-4-11(17(2,3)24)10-5-9(6-12(19)15(10)22-8)14-13(20)7-21-16(18)23-14/h4-7,24H,1-3H3. The number of aryl methyl sites for hydroxylation is 1. The first kappa shape index (κ1) is 16.7. The van der Waals surface area contributed by atoms with Crippen LogP contribution in [0, 0.1) is 18.6 Å². The van der Waals surface area contributed by atoms with Gasteiger partial charge in [-0.2, -0.15) is 0 Å². The molecule has 24 heavy (non-hydrogen) atoms. The fraction of sp³-hybridized carbons (Fsp3) is 0.235. The van der Waals surface area contributed by atoms with E-state index in [0.717, 1.165) is 12.3 Å². The smallest absolute Gasteiger partial charge is 0.223 e. The Bertz CT molecular complexity index is 955. The molecule has 0 aliphatic heterocycles. The number of aliphatic hydroxyl groups is 1. The van der Waals surface area contributed by atoms with Crippen LogP contribution in [0.3, 0.4) is 0 Å². The minimum absolute atomic E-state index is 0.108. The lowest BCUT2D eigenvalue weighted by atomic mass is 9.92. The van der Waals surface area contributed by atoms with Gasteiger partial charge in [0.2, 0.25) is 5.28 Å². The highest BCUT2D eigenvalue weighted by molar-refractivity contribution is 6.28. The number of rotatable bonds is 2. The van der Waals surface area contributed by atoms with E-state index in [0.29, 0.717) is 16.6 Å². The minimum Gasteiger partial charge on any atom is -0.386 e. The summed E-state index contributed by atoms with van der Waals surface area (Å²) in [4.78, 5) is 11.6. The lowest BCUT2D eigenvalue weighted by Gasteiger charge is -2.21. The van der Waals surface area contributed by atoms with Gasteiger partial charge >= 0.3 is 0 Å². The van der Waals surface area contributed by atoms with E-state index in [4.69, 9.17) is 11.6 Å². The summed E-state index contributed by atoms with van der Waals surface area (Å²) in [5.41, 5.74) is 0.0279. The maximum atomic E-state index is 14.6. The van der Waals surface area contributed by atoms with Gasteiger partial charge in [0.05, 0.1) is 11.8 Å². The van der Waals surface area contributed by atoms with Gasteiger partial charge in [-0.25, -0.2) is 18.7 Å². The third-order valence-electron chi connectivity index (χ3n) is 3.64. The van der Waals surface area contributed by atoms with Gasteiger partial charge in [0.1, 0.15) is 17.0 Å². The zero-order valence-electron chi connectivity index (χ0n) is 13.2. The molecule has 0 aliphatic carbocycles. The number of nitrogens with zero attached hydrogens (tertiary/aromatic N) is 3. The van der Waals surface area contributed by atoms with Gasteiger partial charge in [0, 0.05) is 16.6 Å². The van der Waals surface area contributed by atoms with Gasteiger partial charge in [-0.3, -0.25) is 4.98 Å². The molecule has 2 heterocycles. The summed E-state index contributed by atoms with van der Waals surface area (Å²) in [6.45, 7) is 4.90. The van der Waals surface area contributed by atoms with E-state index in [1.807, 2.05) is 0 Å². The second-order valence-corrected chi connectivity index (χ2v) is 6.40. The number of fused-ring (bicyclic) bond motifs is 1. The summed E-state index contributed by atoms with van der Waals surface area (Å²) in [5.74, 6) is -1.35. The third kappa shape index (κ3) is 2.95. The van der Waals surface area contributed by atoms with E-state index in [2.05, 4.69) is 15.0 Å². The van der Waals surface area contributed by atoms with Crippen LogP contribution in [0.1, 0.15) is 25.1 Å². The molecule has 124 valence electrons. The zero-order chi connectivity index (χ0) is 17.6. The normalized spacial score (nSPS) is 12.0. The molecule has 0 radical (unpaired) electrons. The van der Waals surface area contributed by atoms with Crippen LogP contribution in [0.4, 0.5) is 8.78 Å². The molecule has 0 bridgehead atoms. The molecular weight excluding hydrogens is 336 g/mol. The van der Waals surface area contributed by atoms with Crippen LogP contribution >= 0.6 is 11.6 Å². The summed E-state index contributed by atoms with van der Waals surface area (Å²) < 4.78 is 28.6. The molecule has 0 atom stereocenters. The van der Waals surface area contributed by atoms with Gasteiger partial charge in [0.25, 0.3) is 0 Å². The largest absolute Gasteiger partial charge is 0.386 e. The molecule has 7 heteroatoms. The van der Waals surface area contributed by atoms with Crippen LogP contribution in [0.5, 0.6) is 0 Å². The van der Waals surface area contributed by atoms with E-state index in [1.165, 1.54) is 0 Å². The van der Waals surface area contributed by atoms with Crippen molar-refractivity contribution in [3.63, 3.8) is 0 Å². The van der Waals surface area contributed by atoms with Gasteiger partial charge in [0.15, 0.2) is 5.82 Å². The molecule has 0 saturated heterocycles. The minimum atomic E-state index is -1.22. The van der Waals surface area contributed by atoms with Crippen LogP contribution in [-0.4, -0.2) is 20.1 Å². The Hall–Kier alpha value is -2.18. The number of hydrogen-bond donors (Lipinski definition) is 1. The summed E-state index contributed by atoms with van der Waals surface area (Å²) in [6, 6.07) is 4.36. The average Bonchev–Trinajstić information content (AvgIpc) is 2.48. The first-order valence-electron chi connectivity index (χ1n) is 7.19. The maximum absolute atomic E-state index is 14.6. The Morgan fingerprint density at radius 3 is 2.46 bits per heavy atom. The molecule has 0 fully saturated rings. The highest BCUT2D eigenvalue weighted by atomic mass is 35.5. The zero-order valence-corrected chi connectivity index (χ0v) is 14.0. The van der Waals surface area contributed by atoms with Crippen molar-refractivity contribution in [2.75, 3.05) is 0 Å². The van der Waals surface area contributed by atoms with Crippen LogP contribution in [-0.2, 0) is 5.60 Å². The summed E-state index contributed by atoms with van der Waals surface area (Å²) in [6.07, 6.45) is 0.928. The first-order chi connectivity index (χ1) is 11.2. The molecule has 1 aromatic carbocycles. The summed E-state index contributed by atoms with van der Waals surface area (Å²) in [7, 11) is 0. The Morgan fingerprint density at radius 1 is 1.08 bits per heavy atom. The molecule has 3 aromatic rings. The SMILES string of the molecule is Cc1cc(C(C)(C)O)c2cc(-c3nc(Cl)ncc3F)cc(F)c2n1. The Morgan fingerprint density at radius 2 is 1.79 bits per heavy atom. The molecule has 0 aliphatic rings. The molecule has 4 nitrogen and oxygen atoms in total. The van der Waals surface area contributed by atoms with Gasteiger partial charge in [-0.1, -0.05) is 0 Å². The number of benzene rings is 1. The second-order valence-electron chi connectivity index (χ2n) is 6.06. The van der Waals surface area contributed by atoms with Gasteiger partial charge in [-0.15, -0.1) is 0 Å². The average molecular weight is 350 g/mol. The lowest BCUT2D eigenvalue weighted by molar-refractivity contribution is 0.0800. The third-order valence-corrected chi connectivity index (χ3v) is 3.82. The Kier molecular flexibility index (Phi) is 3.97. The number of halogens is 3. The lowest BCUT2D eigenvalue weighted by Crippen LogP contribution is -2.17. The van der Waals surface area contributed by atoms with Crippen LogP contribution < -0.4 is 0 Å². The molecule has 1 N–H and O–H groups in total. The van der Waals surface area contributed by atoms with Crippen molar-refractivity contribution in [3.8, 4) is 11.3 Å². The number of aromatic nitrogens is 3. The summed E-state index contributed by atoms with van der Waals surface area (Å²) >= 11 is 5.71. The van der Waals surface area contributed by atoms with Crippen molar-refractivity contribution in [1.82, 2.24) is 15.0 Å². The van der Waals surface area contributed by atoms with Crippen LogP contribution in [0.15, 0.2) is 24.4 Å². The predicted molar refractivity (Wildman–Crippen MR) is 87.7 cm³/mol. The van der Waals surface area contributed by atoms with Crippen molar-refractivity contribution in [1.29, 1.82) is 0 Å².